The van der Waals surface area contributed by atoms with E-state index in [0.29, 0.717) is 18.7 Å². The molecule has 31 heavy (non-hydrogen) atoms. The van der Waals surface area contributed by atoms with Crippen LogP contribution in [0.3, 0.4) is 0 Å². The summed E-state index contributed by atoms with van der Waals surface area (Å²) in [4.78, 5) is 33.8. The number of urea groups is 1. The molecule has 7 nitrogen and oxygen atoms in total. The fourth-order valence-electron chi connectivity index (χ4n) is 3.87. The molecule has 2 aromatic heterocycles. The highest BCUT2D eigenvalue weighted by atomic mass is 16.2. The number of amides is 2. The molecule has 3 aromatic rings. The first-order chi connectivity index (χ1) is 14.8. The summed E-state index contributed by atoms with van der Waals surface area (Å²) in [7, 11) is 0. The van der Waals surface area contributed by atoms with Gasteiger partial charge in [-0.15, -0.1) is 0 Å². The van der Waals surface area contributed by atoms with Gasteiger partial charge >= 0.3 is 6.03 Å². The molecule has 156 valence electrons. The van der Waals surface area contributed by atoms with Crippen molar-refractivity contribution in [3.63, 3.8) is 0 Å². The third-order valence-electron chi connectivity index (χ3n) is 5.54. The largest absolute Gasteiger partial charge is 0.334 e. The molecule has 2 amide bonds. The fraction of sp³-hybridized carbons (Fsp3) is 0.250. The third kappa shape index (κ3) is 3.92. The van der Waals surface area contributed by atoms with E-state index in [0.717, 1.165) is 33.8 Å². The molecule has 0 unspecified atom stereocenters. The highest BCUT2D eigenvalue weighted by Gasteiger charge is 2.39. The van der Waals surface area contributed by atoms with Crippen LogP contribution >= 0.6 is 0 Å². The number of rotatable bonds is 3. The number of benzene rings is 1. The zero-order valence-corrected chi connectivity index (χ0v) is 17.7. The normalized spacial score (nSPS) is 14.1. The number of nitrogens with one attached hydrogen (secondary N) is 2. The number of carbonyl (C=O) groups excluding carboxylic acids is 1. The number of hydrogen-bond acceptors (Lipinski definition) is 4. The minimum atomic E-state index is -0.312. The van der Waals surface area contributed by atoms with E-state index >= 15 is 0 Å². The number of aromatic amines is 1. The van der Waals surface area contributed by atoms with E-state index in [4.69, 9.17) is 10.2 Å². The van der Waals surface area contributed by atoms with Gasteiger partial charge < -0.3 is 10.3 Å². The molecule has 4 rings (SSSR count). The Morgan fingerprint density at radius 3 is 2.68 bits per heavy atom. The summed E-state index contributed by atoms with van der Waals surface area (Å²) in [6, 6.07) is 14.4. The second-order valence-electron chi connectivity index (χ2n) is 8.40. The Morgan fingerprint density at radius 1 is 1.26 bits per heavy atom. The highest BCUT2D eigenvalue weighted by Crippen LogP contribution is 2.40. The molecule has 3 heterocycles. The molecular weight excluding hydrogens is 390 g/mol. The van der Waals surface area contributed by atoms with Crippen LogP contribution in [0, 0.1) is 18.3 Å². The Bertz CT molecular complexity index is 1250. The Morgan fingerprint density at radius 2 is 2.00 bits per heavy atom. The maximum atomic E-state index is 12.9. The number of H-pyrrole nitrogens is 1. The summed E-state index contributed by atoms with van der Waals surface area (Å²) in [6.45, 7) is 6.90. The smallest absolute Gasteiger partial charge is 0.322 e. The second kappa shape index (κ2) is 7.73. The molecule has 0 fully saturated rings. The topological polar surface area (TPSA) is 102 Å². The van der Waals surface area contributed by atoms with Crippen LogP contribution in [0.5, 0.6) is 0 Å². The number of hydrogen-bond donors (Lipinski definition) is 2. The third-order valence-corrected chi connectivity index (χ3v) is 5.54. The predicted molar refractivity (Wildman–Crippen MR) is 119 cm³/mol. The van der Waals surface area contributed by atoms with E-state index in [9.17, 15) is 9.59 Å². The van der Waals surface area contributed by atoms with Crippen molar-refractivity contribution in [3.8, 4) is 17.3 Å². The summed E-state index contributed by atoms with van der Waals surface area (Å²) in [5.74, 6) is 0. The molecule has 0 bridgehead atoms. The zero-order valence-electron chi connectivity index (χ0n) is 17.7. The Hall–Kier alpha value is -3.92. The molecule has 7 heteroatoms. The van der Waals surface area contributed by atoms with Crippen molar-refractivity contribution in [1.29, 1.82) is 5.26 Å². The summed E-state index contributed by atoms with van der Waals surface area (Å²) in [5.41, 5.74) is 5.17. The maximum absolute atomic E-state index is 12.9. The monoisotopic (exact) mass is 413 g/mol. The number of pyridine rings is 2. The van der Waals surface area contributed by atoms with Crippen molar-refractivity contribution in [2.45, 2.75) is 32.7 Å². The molecule has 0 saturated carbocycles. The first-order valence-electron chi connectivity index (χ1n) is 10.0. The molecule has 1 aromatic carbocycles. The molecule has 1 aliphatic heterocycles. The number of fused-ring (bicyclic) bond motifs is 1. The van der Waals surface area contributed by atoms with Gasteiger partial charge in [0.25, 0.3) is 0 Å². The Kier molecular flexibility index (Phi) is 5.07. The van der Waals surface area contributed by atoms with E-state index in [1.165, 1.54) is 0 Å². The lowest BCUT2D eigenvalue weighted by Gasteiger charge is -2.20. The Balaban J connectivity index is 1.57. The lowest BCUT2D eigenvalue weighted by molar-refractivity contribution is 0.245. The van der Waals surface area contributed by atoms with Gasteiger partial charge in [0.1, 0.15) is 0 Å². The summed E-state index contributed by atoms with van der Waals surface area (Å²) >= 11 is 0. The van der Waals surface area contributed by atoms with E-state index in [-0.39, 0.29) is 17.0 Å². The average Bonchev–Trinajstić information content (AvgIpc) is 3.03. The standard InChI is InChI=1S/C24H23N5O2/c1-15-10-21(30)26-13-18(15)19-8-9-20-22(28-19)24(2,3)14-29(20)23(31)27-12-17-6-4-16(11-25)5-7-17/h4-10,13H,12,14H2,1-3H3,(H,26,30)(H,27,31). The van der Waals surface area contributed by atoms with Gasteiger partial charge in [0.2, 0.25) is 5.56 Å². The predicted octanol–water partition coefficient (Wildman–Crippen LogP) is 3.62. The van der Waals surface area contributed by atoms with Gasteiger partial charge in [-0.05, 0) is 42.3 Å². The van der Waals surface area contributed by atoms with Gasteiger partial charge in [-0.2, -0.15) is 5.26 Å². The lowest BCUT2D eigenvalue weighted by atomic mass is 9.91. The van der Waals surface area contributed by atoms with Gasteiger partial charge in [-0.25, -0.2) is 9.78 Å². The quantitative estimate of drug-likeness (QED) is 0.684. The first-order valence-corrected chi connectivity index (χ1v) is 10.0. The van der Waals surface area contributed by atoms with Crippen LogP contribution in [0.2, 0.25) is 0 Å². The number of aromatic nitrogens is 2. The first kappa shape index (κ1) is 20.4. The lowest BCUT2D eigenvalue weighted by Crippen LogP contribution is -2.41. The minimum Gasteiger partial charge on any atom is -0.334 e. The molecule has 2 N–H and O–H groups in total. The van der Waals surface area contributed by atoms with Crippen molar-refractivity contribution in [3.05, 3.63) is 81.4 Å². The minimum absolute atomic E-state index is 0.146. The van der Waals surface area contributed by atoms with E-state index < -0.39 is 0 Å². The molecule has 0 radical (unpaired) electrons. The van der Waals surface area contributed by atoms with E-state index in [1.807, 2.05) is 31.2 Å². The van der Waals surface area contributed by atoms with Crippen molar-refractivity contribution >= 4 is 11.7 Å². The van der Waals surface area contributed by atoms with E-state index in [2.05, 4.69) is 30.2 Å². The van der Waals surface area contributed by atoms with Crippen LogP contribution < -0.4 is 15.8 Å². The zero-order chi connectivity index (χ0) is 22.2. The van der Waals surface area contributed by atoms with Crippen molar-refractivity contribution in [1.82, 2.24) is 15.3 Å². The summed E-state index contributed by atoms with van der Waals surface area (Å²) in [5, 5.41) is 11.9. The van der Waals surface area contributed by atoms with Crippen LogP contribution in [0.15, 0.2) is 53.5 Å². The van der Waals surface area contributed by atoms with Crippen molar-refractivity contribution < 1.29 is 4.79 Å². The average molecular weight is 413 g/mol. The van der Waals surface area contributed by atoms with Gasteiger partial charge in [-0.1, -0.05) is 26.0 Å². The fourth-order valence-corrected chi connectivity index (χ4v) is 3.87. The SMILES string of the molecule is Cc1cc(=O)[nH]cc1-c1ccc2c(n1)C(C)(C)CN2C(=O)NCc1ccc(C#N)cc1. The van der Waals surface area contributed by atoms with E-state index in [1.54, 1.807) is 29.3 Å². The molecule has 0 atom stereocenters. The van der Waals surface area contributed by atoms with Crippen LogP contribution in [0.25, 0.3) is 11.3 Å². The molecular formula is C24H23N5O2. The highest BCUT2D eigenvalue weighted by molar-refractivity contribution is 5.95. The number of aryl methyl sites for hydroxylation is 1. The van der Waals surface area contributed by atoms with Gasteiger partial charge in [-0.3, -0.25) is 9.69 Å². The molecule has 0 spiro atoms. The summed E-state index contributed by atoms with van der Waals surface area (Å²) < 4.78 is 0. The van der Waals surface area contributed by atoms with Crippen LogP contribution in [0.4, 0.5) is 10.5 Å². The van der Waals surface area contributed by atoms with Crippen LogP contribution in [0.1, 0.15) is 36.2 Å². The maximum Gasteiger partial charge on any atom is 0.322 e. The number of nitrogens with zero attached hydrogens (tertiary/aromatic N) is 3. The number of anilines is 1. The van der Waals surface area contributed by atoms with Crippen LogP contribution in [-0.4, -0.2) is 22.5 Å². The van der Waals surface area contributed by atoms with Crippen LogP contribution in [-0.2, 0) is 12.0 Å². The van der Waals surface area contributed by atoms with Crippen molar-refractivity contribution in [2.24, 2.45) is 0 Å². The summed E-state index contributed by atoms with van der Waals surface area (Å²) in [6.07, 6.45) is 1.68. The number of nitriles is 1. The molecule has 1 aliphatic rings. The second-order valence-corrected chi connectivity index (χ2v) is 8.40. The molecule has 0 aliphatic carbocycles. The van der Waals surface area contributed by atoms with Gasteiger partial charge in [0.15, 0.2) is 0 Å². The van der Waals surface area contributed by atoms with Gasteiger partial charge in [0, 0.05) is 36.3 Å². The molecule has 0 saturated heterocycles. The number of carbonyl (C=O) groups is 1. The Labute approximate surface area is 180 Å². The van der Waals surface area contributed by atoms with Gasteiger partial charge in [0.05, 0.1) is 28.7 Å². The van der Waals surface area contributed by atoms with Crippen molar-refractivity contribution in [2.75, 3.05) is 11.4 Å².